The minimum absolute atomic E-state index is 0.486. The fraction of sp³-hybridized carbons (Fsp3) is 0.545. The third-order valence-corrected chi connectivity index (χ3v) is 4.90. The van der Waals surface area contributed by atoms with Crippen LogP contribution in [0.4, 0.5) is 0 Å². The van der Waals surface area contributed by atoms with E-state index in [4.69, 9.17) is 9.73 Å². The van der Waals surface area contributed by atoms with Crippen LogP contribution in [0.1, 0.15) is 50.4 Å². The lowest BCUT2D eigenvalue weighted by atomic mass is 9.98. The Balaban J connectivity index is 1.70. The van der Waals surface area contributed by atoms with Gasteiger partial charge in [0.15, 0.2) is 5.96 Å². The fourth-order valence-corrected chi connectivity index (χ4v) is 3.07. The van der Waals surface area contributed by atoms with Gasteiger partial charge in [0, 0.05) is 38.6 Å². The van der Waals surface area contributed by atoms with Gasteiger partial charge in [-0.1, -0.05) is 19.1 Å². The number of hydrogen-bond acceptors (Lipinski definition) is 3. The van der Waals surface area contributed by atoms with Gasteiger partial charge >= 0.3 is 0 Å². The SMILES string of the molecule is CCNC(=NCCCCn1ccnc1C)NCCC(C)c1ccc(OC)cc1. The van der Waals surface area contributed by atoms with E-state index in [0.717, 1.165) is 63.0 Å². The van der Waals surface area contributed by atoms with E-state index in [0.29, 0.717) is 5.92 Å². The number of hydrogen-bond donors (Lipinski definition) is 2. The summed E-state index contributed by atoms with van der Waals surface area (Å²) in [5.74, 6) is 3.37. The number of methoxy groups -OCH3 is 1. The number of nitrogens with zero attached hydrogens (tertiary/aromatic N) is 3. The van der Waals surface area contributed by atoms with Gasteiger partial charge in [0.05, 0.1) is 7.11 Å². The molecule has 0 bridgehead atoms. The van der Waals surface area contributed by atoms with Crippen molar-refractivity contribution < 1.29 is 4.74 Å². The molecule has 6 heteroatoms. The second-order valence-electron chi connectivity index (χ2n) is 7.03. The number of aliphatic imine (C=N–C) groups is 1. The minimum atomic E-state index is 0.486. The van der Waals surface area contributed by atoms with Crippen LogP contribution in [0.15, 0.2) is 41.7 Å². The second kappa shape index (κ2) is 12.1. The molecular weight excluding hydrogens is 350 g/mol. The van der Waals surface area contributed by atoms with E-state index in [-0.39, 0.29) is 0 Å². The number of unbranched alkanes of at least 4 members (excludes halogenated alkanes) is 1. The molecule has 1 aromatic carbocycles. The number of imidazole rings is 1. The standard InChI is InChI=1S/C22H35N5O/c1-5-23-22(25-13-6-7-16-27-17-15-24-19(27)3)26-14-12-18(2)20-8-10-21(28-4)11-9-20/h8-11,15,17-18H,5-7,12-14,16H2,1-4H3,(H2,23,25,26). The highest BCUT2D eigenvalue weighted by atomic mass is 16.5. The Morgan fingerprint density at radius 2 is 2.00 bits per heavy atom. The quantitative estimate of drug-likeness (QED) is 0.351. The maximum atomic E-state index is 5.23. The normalized spacial score (nSPS) is 12.6. The Labute approximate surface area is 169 Å². The van der Waals surface area contributed by atoms with E-state index in [1.54, 1.807) is 7.11 Å². The lowest BCUT2D eigenvalue weighted by Gasteiger charge is -2.15. The molecule has 2 rings (SSSR count). The van der Waals surface area contributed by atoms with Gasteiger partial charge in [-0.05, 0) is 56.7 Å². The van der Waals surface area contributed by atoms with Crippen LogP contribution in [-0.2, 0) is 6.54 Å². The van der Waals surface area contributed by atoms with E-state index in [1.807, 2.05) is 31.5 Å². The number of benzene rings is 1. The summed E-state index contributed by atoms with van der Waals surface area (Å²) in [6.45, 7) is 9.99. The van der Waals surface area contributed by atoms with Crippen molar-refractivity contribution >= 4 is 5.96 Å². The molecule has 1 unspecified atom stereocenters. The molecule has 0 saturated carbocycles. The number of rotatable bonds is 11. The zero-order valence-electron chi connectivity index (χ0n) is 17.7. The van der Waals surface area contributed by atoms with Crippen LogP contribution >= 0.6 is 0 Å². The highest BCUT2D eigenvalue weighted by molar-refractivity contribution is 5.79. The molecule has 0 saturated heterocycles. The summed E-state index contributed by atoms with van der Waals surface area (Å²) in [6.07, 6.45) is 7.11. The largest absolute Gasteiger partial charge is 0.497 e. The fourth-order valence-electron chi connectivity index (χ4n) is 3.07. The topological polar surface area (TPSA) is 63.5 Å². The molecule has 0 aliphatic carbocycles. The average molecular weight is 386 g/mol. The van der Waals surface area contributed by atoms with Crippen molar-refractivity contribution in [3.8, 4) is 5.75 Å². The molecule has 6 nitrogen and oxygen atoms in total. The Bertz CT molecular complexity index is 708. The third kappa shape index (κ3) is 7.25. The summed E-state index contributed by atoms with van der Waals surface area (Å²) in [5.41, 5.74) is 1.33. The lowest BCUT2D eigenvalue weighted by Crippen LogP contribution is -2.38. The molecule has 0 amide bonds. The van der Waals surface area contributed by atoms with Crippen molar-refractivity contribution in [2.45, 2.75) is 52.5 Å². The van der Waals surface area contributed by atoms with Crippen molar-refractivity contribution in [2.75, 3.05) is 26.7 Å². The average Bonchev–Trinajstić information content (AvgIpc) is 3.12. The molecule has 2 N–H and O–H groups in total. The molecule has 0 spiro atoms. The van der Waals surface area contributed by atoms with Gasteiger partial charge in [-0.2, -0.15) is 0 Å². The summed E-state index contributed by atoms with van der Waals surface area (Å²) < 4.78 is 7.42. The van der Waals surface area contributed by atoms with Crippen LogP contribution in [0.5, 0.6) is 5.75 Å². The van der Waals surface area contributed by atoms with Crippen LogP contribution in [0, 0.1) is 6.92 Å². The summed E-state index contributed by atoms with van der Waals surface area (Å²) in [4.78, 5) is 8.96. The molecule has 1 heterocycles. The first-order chi connectivity index (χ1) is 13.6. The minimum Gasteiger partial charge on any atom is -0.497 e. The summed E-state index contributed by atoms with van der Waals surface area (Å²) in [5, 5.41) is 6.79. The molecule has 28 heavy (non-hydrogen) atoms. The number of aromatic nitrogens is 2. The van der Waals surface area contributed by atoms with Crippen LogP contribution in [0.3, 0.4) is 0 Å². The van der Waals surface area contributed by atoms with Gasteiger partial charge in [-0.15, -0.1) is 0 Å². The van der Waals surface area contributed by atoms with Crippen molar-refractivity contribution in [2.24, 2.45) is 4.99 Å². The monoisotopic (exact) mass is 385 g/mol. The molecule has 1 atom stereocenters. The molecule has 0 aliphatic heterocycles. The molecule has 0 radical (unpaired) electrons. The summed E-state index contributed by atoms with van der Waals surface area (Å²) in [6, 6.07) is 8.34. The first-order valence-corrected chi connectivity index (χ1v) is 10.3. The highest BCUT2D eigenvalue weighted by Gasteiger charge is 2.06. The zero-order valence-corrected chi connectivity index (χ0v) is 17.7. The van der Waals surface area contributed by atoms with Crippen LogP contribution in [0.2, 0.25) is 0 Å². The first-order valence-electron chi connectivity index (χ1n) is 10.3. The zero-order chi connectivity index (χ0) is 20.2. The van der Waals surface area contributed by atoms with E-state index in [9.17, 15) is 0 Å². The molecular formula is C22H35N5O. The Morgan fingerprint density at radius 3 is 2.64 bits per heavy atom. The van der Waals surface area contributed by atoms with Crippen molar-refractivity contribution in [1.82, 2.24) is 20.2 Å². The van der Waals surface area contributed by atoms with Crippen molar-refractivity contribution in [3.05, 3.63) is 48.0 Å². The van der Waals surface area contributed by atoms with Gasteiger partial charge < -0.3 is 19.9 Å². The van der Waals surface area contributed by atoms with E-state index in [1.165, 1.54) is 5.56 Å². The van der Waals surface area contributed by atoms with E-state index in [2.05, 4.69) is 46.2 Å². The predicted molar refractivity (Wildman–Crippen MR) is 116 cm³/mol. The van der Waals surface area contributed by atoms with E-state index < -0.39 is 0 Å². The van der Waals surface area contributed by atoms with Gasteiger partial charge in [-0.25, -0.2) is 4.98 Å². The van der Waals surface area contributed by atoms with Crippen LogP contribution in [-0.4, -0.2) is 42.3 Å². The van der Waals surface area contributed by atoms with Gasteiger partial charge in [0.2, 0.25) is 0 Å². The van der Waals surface area contributed by atoms with Crippen LogP contribution in [0.25, 0.3) is 0 Å². The number of guanidine groups is 1. The number of ether oxygens (including phenoxy) is 1. The molecule has 1 aromatic heterocycles. The van der Waals surface area contributed by atoms with Crippen molar-refractivity contribution in [3.63, 3.8) is 0 Å². The van der Waals surface area contributed by atoms with Gasteiger partial charge in [0.25, 0.3) is 0 Å². The molecule has 0 aliphatic rings. The molecule has 2 aromatic rings. The second-order valence-corrected chi connectivity index (χ2v) is 7.03. The lowest BCUT2D eigenvalue weighted by molar-refractivity contribution is 0.414. The van der Waals surface area contributed by atoms with Crippen molar-refractivity contribution in [1.29, 1.82) is 0 Å². The number of nitrogens with one attached hydrogen (secondary N) is 2. The highest BCUT2D eigenvalue weighted by Crippen LogP contribution is 2.21. The summed E-state index contributed by atoms with van der Waals surface area (Å²) in [7, 11) is 1.70. The molecule has 0 fully saturated rings. The maximum Gasteiger partial charge on any atom is 0.191 e. The Morgan fingerprint density at radius 1 is 1.21 bits per heavy atom. The summed E-state index contributed by atoms with van der Waals surface area (Å²) >= 11 is 0. The maximum absolute atomic E-state index is 5.23. The van der Waals surface area contributed by atoms with Crippen LogP contribution < -0.4 is 15.4 Å². The first kappa shape index (κ1) is 21.8. The molecule has 154 valence electrons. The number of aryl methyl sites for hydroxylation is 2. The van der Waals surface area contributed by atoms with Gasteiger partial charge in [-0.3, -0.25) is 4.99 Å². The third-order valence-electron chi connectivity index (χ3n) is 4.90. The smallest absolute Gasteiger partial charge is 0.191 e. The Kier molecular flexibility index (Phi) is 9.39. The van der Waals surface area contributed by atoms with E-state index >= 15 is 0 Å². The predicted octanol–water partition coefficient (Wildman–Crippen LogP) is 3.73. The Hall–Kier alpha value is -2.50. The van der Waals surface area contributed by atoms with Gasteiger partial charge in [0.1, 0.15) is 11.6 Å².